The highest BCUT2D eigenvalue weighted by Crippen LogP contribution is 2.66. The third-order valence-corrected chi connectivity index (χ3v) is 8.66. The lowest BCUT2D eigenvalue weighted by Crippen LogP contribution is -2.50. The Bertz CT molecular complexity index is 745. The minimum absolute atomic E-state index is 0.0620. The molecular weight excluding hydrogens is 336 g/mol. The Morgan fingerprint density at radius 2 is 1.74 bits per heavy atom. The van der Waals surface area contributed by atoms with Gasteiger partial charge in [-0.05, 0) is 86.5 Å². The Hall–Kier alpha value is -1.38. The van der Waals surface area contributed by atoms with E-state index in [9.17, 15) is 9.59 Å². The van der Waals surface area contributed by atoms with Crippen LogP contribution in [0.15, 0.2) is 22.8 Å². The van der Waals surface area contributed by atoms with Gasteiger partial charge in [-0.3, -0.25) is 9.59 Å². The second kappa shape index (κ2) is 6.32. The van der Waals surface area contributed by atoms with E-state index in [1.165, 1.54) is 24.5 Å². The molecular formula is C24H34O3. The van der Waals surface area contributed by atoms with Crippen LogP contribution in [0.3, 0.4) is 0 Å². The van der Waals surface area contributed by atoms with Gasteiger partial charge in [0.15, 0.2) is 5.78 Å². The maximum absolute atomic E-state index is 12.4. The molecule has 0 bridgehead atoms. The quantitative estimate of drug-likeness (QED) is 0.483. The van der Waals surface area contributed by atoms with Crippen molar-refractivity contribution in [3.8, 4) is 0 Å². The second-order valence-corrected chi connectivity index (χ2v) is 10.1. The van der Waals surface area contributed by atoms with E-state index >= 15 is 0 Å². The zero-order valence-corrected chi connectivity index (χ0v) is 17.6. The molecule has 2 saturated carbocycles. The maximum Gasteiger partial charge on any atom is 0.302 e. The third kappa shape index (κ3) is 2.76. The molecule has 0 saturated heterocycles. The molecule has 148 valence electrons. The topological polar surface area (TPSA) is 43.4 Å². The molecule has 0 aromatic rings. The standard InChI is InChI=1S/C24H34O3/c1-14-12-21-19-7-6-17-13-18(27-16(3)26)8-10-23(17,4)20(19)9-11-24(21,5)22(14)15(2)25/h6,18-21H,7-13H2,1-5H3/t18-,19-,20+,21+,23+,24+/m1/s1. The summed E-state index contributed by atoms with van der Waals surface area (Å²) in [6, 6.07) is 0. The predicted octanol–water partition coefficient (Wildman–Crippen LogP) is 5.40. The number of ketones is 1. The summed E-state index contributed by atoms with van der Waals surface area (Å²) in [6.07, 6.45) is 10.1. The van der Waals surface area contributed by atoms with E-state index in [0.717, 1.165) is 44.1 Å². The number of Topliss-reactive ketones (excluding diaryl/α,β-unsaturated/α-hetero) is 1. The summed E-state index contributed by atoms with van der Waals surface area (Å²) in [4.78, 5) is 23.8. The van der Waals surface area contributed by atoms with E-state index in [1.54, 1.807) is 6.92 Å². The first kappa shape index (κ1) is 19.0. The van der Waals surface area contributed by atoms with Crippen LogP contribution in [0, 0.1) is 28.6 Å². The predicted molar refractivity (Wildman–Crippen MR) is 106 cm³/mol. The van der Waals surface area contributed by atoms with Crippen LogP contribution in [0.4, 0.5) is 0 Å². The summed E-state index contributed by atoms with van der Waals surface area (Å²) >= 11 is 0. The number of allylic oxidation sites excluding steroid dienone is 3. The molecule has 3 heteroatoms. The van der Waals surface area contributed by atoms with E-state index in [0.29, 0.717) is 17.8 Å². The van der Waals surface area contributed by atoms with Crippen molar-refractivity contribution in [2.24, 2.45) is 28.6 Å². The van der Waals surface area contributed by atoms with E-state index in [2.05, 4.69) is 26.8 Å². The Balaban J connectivity index is 1.62. The number of ether oxygens (including phenoxy) is 1. The summed E-state index contributed by atoms with van der Waals surface area (Å²) in [7, 11) is 0. The summed E-state index contributed by atoms with van der Waals surface area (Å²) in [5.74, 6) is 2.12. The molecule has 0 spiro atoms. The van der Waals surface area contributed by atoms with Crippen molar-refractivity contribution >= 4 is 11.8 Å². The number of esters is 1. The SMILES string of the molecule is CC(=O)O[C@@H]1CC[C@@]2(C)C(=CC[C@@H]3[C@@H]2CC[C@]2(C)C(C(C)=O)=C(C)C[C@@H]32)C1. The number of carbonyl (C=O) groups excluding carboxylic acids is 2. The van der Waals surface area contributed by atoms with Gasteiger partial charge in [0.2, 0.25) is 0 Å². The number of carbonyl (C=O) groups is 2. The van der Waals surface area contributed by atoms with Crippen LogP contribution >= 0.6 is 0 Å². The van der Waals surface area contributed by atoms with Gasteiger partial charge in [0, 0.05) is 13.3 Å². The minimum Gasteiger partial charge on any atom is -0.462 e. The highest BCUT2D eigenvalue weighted by atomic mass is 16.5. The Labute approximate surface area is 163 Å². The van der Waals surface area contributed by atoms with Crippen molar-refractivity contribution in [2.75, 3.05) is 0 Å². The van der Waals surface area contributed by atoms with Gasteiger partial charge >= 0.3 is 5.97 Å². The molecule has 27 heavy (non-hydrogen) atoms. The molecule has 0 aromatic carbocycles. The van der Waals surface area contributed by atoms with Crippen LogP contribution in [0.2, 0.25) is 0 Å². The van der Waals surface area contributed by atoms with Crippen molar-refractivity contribution in [1.29, 1.82) is 0 Å². The highest BCUT2D eigenvalue weighted by Gasteiger charge is 2.58. The highest BCUT2D eigenvalue weighted by molar-refractivity contribution is 5.96. The van der Waals surface area contributed by atoms with E-state index in [1.807, 2.05) is 0 Å². The van der Waals surface area contributed by atoms with Gasteiger partial charge in [-0.15, -0.1) is 0 Å². The molecule has 0 amide bonds. The van der Waals surface area contributed by atoms with Crippen LogP contribution in [0.1, 0.15) is 79.6 Å². The normalized spacial score (nSPS) is 43.4. The molecule has 0 unspecified atom stereocenters. The van der Waals surface area contributed by atoms with Crippen LogP contribution in [-0.2, 0) is 14.3 Å². The van der Waals surface area contributed by atoms with Gasteiger partial charge in [0.1, 0.15) is 6.10 Å². The van der Waals surface area contributed by atoms with Crippen molar-refractivity contribution in [1.82, 2.24) is 0 Å². The molecule has 2 fully saturated rings. The van der Waals surface area contributed by atoms with Crippen molar-refractivity contribution < 1.29 is 14.3 Å². The van der Waals surface area contributed by atoms with Gasteiger partial charge in [-0.1, -0.05) is 31.1 Å². The summed E-state index contributed by atoms with van der Waals surface area (Å²) < 4.78 is 5.54. The lowest BCUT2D eigenvalue weighted by atomic mass is 9.47. The zero-order valence-electron chi connectivity index (χ0n) is 17.6. The Morgan fingerprint density at radius 3 is 2.41 bits per heavy atom. The van der Waals surface area contributed by atoms with Crippen molar-refractivity contribution in [2.45, 2.75) is 85.7 Å². The minimum atomic E-state index is -0.157. The van der Waals surface area contributed by atoms with Gasteiger partial charge in [0.25, 0.3) is 0 Å². The summed E-state index contributed by atoms with van der Waals surface area (Å²) in [5, 5.41) is 0. The fourth-order valence-corrected chi connectivity index (χ4v) is 7.59. The zero-order chi connectivity index (χ0) is 19.6. The average molecular weight is 371 g/mol. The van der Waals surface area contributed by atoms with Crippen molar-refractivity contribution in [3.63, 3.8) is 0 Å². The molecule has 0 radical (unpaired) electrons. The second-order valence-electron chi connectivity index (χ2n) is 10.1. The number of hydrogen-bond donors (Lipinski definition) is 0. The van der Waals surface area contributed by atoms with Crippen LogP contribution in [-0.4, -0.2) is 17.9 Å². The average Bonchev–Trinajstić information content (AvgIpc) is 2.85. The summed E-state index contributed by atoms with van der Waals surface area (Å²) in [5.41, 5.74) is 4.33. The maximum atomic E-state index is 12.4. The lowest BCUT2D eigenvalue weighted by molar-refractivity contribution is -0.148. The number of rotatable bonds is 2. The Morgan fingerprint density at radius 1 is 1.04 bits per heavy atom. The van der Waals surface area contributed by atoms with Gasteiger partial charge < -0.3 is 4.74 Å². The molecule has 3 nitrogen and oxygen atoms in total. The molecule has 0 N–H and O–H groups in total. The monoisotopic (exact) mass is 370 g/mol. The lowest BCUT2D eigenvalue weighted by Gasteiger charge is -2.57. The van der Waals surface area contributed by atoms with Gasteiger partial charge in [-0.2, -0.15) is 0 Å². The smallest absolute Gasteiger partial charge is 0.302 e. The fourth-order valence-electron chi connectivity index (χ4n) is 7.59. The van der Waals surface area contributed by atoms with Gasteiger partial charge in [0.05, 0.1) is 0 Å². The fraction of sp³-hybridized carbons (Fsp3) is 0.750. The van der Waals surface area contributed by atoms with E-state index in [-0.39, 0.29) is 28.7 Å². The van der Waals surface area contributed by atoms with Crippen LogP contribution < -0.4 is 0 Å². The summed E-state index contributed by atoms with van der Waals surface area (Å²) in [6.45, 7) is 10.3. The molecule has 0 aromatic heterocycles. The number of hydrogen-bond acceptors (Lipinski definition) is 3. The molecule has 6 atom stereocenters. The number of fused-ring (bicyclic) bond motifs is 5. The van der Waals surface area contributed by atoms with E-state index in [4.69, 9.17) is 4.74 Å². The van der Waals surface area contributed by atoms with Crippen LogP contribution in [0.25, 0.3) is 0 Å². The first-order chi connectivity index (χ1) is 12.7. The molecule has 4 aliphatic carbocycles. The van der Waals surface area contributed by atoms with Gasteiger partial charge in [-0.25, -0.2) is 0 Å². The molecule has 4 aliphatic rings. The third-order valence-electron chi connectivity index (χ3n) is 8.66. The first-order valence-corrected chi connectivity index (χ1v) is 10.7. The largest absolute Gasteiger partial charge is 0.462 e. The Kier molecular flexibility index (Phi) is 4.44. The molecule has 4 rings (SSSR count). The molecule has 0 aliphatic heterocycles. The van der Waals surface area contributed by atoms with Crippen molar-refractivity contribution in [3.05, 3.63) is 22.8 Å². The first-order valence-electron chi connectivity index (χ1n) is 10.7. The van der Waals surface area contributed by atoms with E-state index < -0.39 is 0 Å². The molecule has 0 heterocycles. The van der Waals surface area contributed by atoms with Crippen LogP contribution in [0.5, 0.6) is 0 Å².